The average Bonchev–Trinajstić information content (AvgIpc) is 2.92. The van der Waals surface area contributed by atoms with E-state index in [1.165, 1.54) is 7.11 Å². The standard InChI is InChI=1S/C22H31N3O3/c1-14-19(12-13-20(26)28-7)15(2)25(24-14)18-10-8-17(9-11-18)21(27)23-16(3)22(4,5)6/h8-11,16H,12-13H2,1-7H3,(H,23,27)/t16-/m1/s1. The lowest BCUT2D eigenvalue weighted by Gasteiger charge is -2.28. The van der Waals surface area contributed by atoms with E-state index in [4.69, 9.17) is 4.74 Å². The van der Waals surface area contributed by atoms with Crippen LogP contribution in [0, 0.1) is 19.3 Å². The van der Waals surface area contributed by atoms with Crippen molar-refractivity contribution >= 4 is 11.9 Å². The summed E-state index contributed by atoms with van der Waals surface area (Å²) in [6.07, 6.45) is 0.921. The molecule has 0 radical (unpaired) electrons. The van der Waals surface area contributed by atoms with Crippen molar-refractivity contribution in [2.75, 3.05) is 7.11 Å². The van der Waals surface area contributed by atoms with E-state index < -0.39 is 0 Å². The molecule has 0 saturated carbocycles. The number of aromatic nitrogens is 2. The number of ether oxygens (including phenoxy) is 1. The van der Waals surface area contributed by atoms with E-state index in [0.29, 0.717) is 18.4 Å². The monoisotopic (exact) mass is 385 g/mol. The summed E-state index contributed by atoms with van der Waals surface area (Å²) in [5.41, 5.74) is 4.42. The molecule has 0 aliphatic carbocycles. The lowest BCUT2D eigenvalue weighted by atomic mass is 9.88. The molecule has 0 unspecified atom stereocenters. The minimum atomic E-state index is -0.230. The first-order chi connectivity index (χ1) is 13.0. The number of nitrogens with zero attached hydrogens (tertiary/aromatic N) is 2. The van der Waals surface area contributed by atoms with Gasteiger partial charge in [-0.2, -0.15) is 5.10 Å². The predicted octanol–water partition coefficient (Wildman–Crippen LogP) is 3.76. The number of hydrogen-bond donors (Lipinski definition) is 1. The first kappa shape index (κ1) is 21.7. The smallest absolute Gasteiger partial charge is 0.305 e. The minimum Gasteiger partial charge on any atom is -0.469 e. The summed E-state index contributed by atoms with van der Waals surface area (Å²) < 4.78 is 6.57. The van der Waals surface area contributed by atoms with Gasteiger partial charge in [0.25, 0.3) is 5.91 Å². The van der Waals surface area contributed by atoms with Crippen molar-refractivity contribution in [3.05, 3.63) is 46.8 Å². The van der Waals surface area contributed by atoms with Crippen LogP contribution < -0.4 is 5.32 Å². The first-order valence-electron chi connectivity index (χ1n) is 9.57. The molecule has 6 nitrogen and oxygen atoms in total. The van der Waals surface area contributed by atoms with Gasteiger partial charge in [0.05, 0.1) is 18.5 Å². The Morgan fingerprint density at radius 3 is 2.32 bits per heavy atom. The molecule has 0 saturated heterocycles. The highest BCUT2D eigenvalue weighted by molar-refractivity contribution is 5.94. The number of nitrogens with one attached hydrogen (secondary N) is 1. The first-order valence-corrected chi connectivity index (χ1v) is 9.57. The second-order valence-electron chi connectivity index (χ2n) is 8.25. The van der Waals surface area contributed by atoms with Crippen molar-refractivity contribution in [3.63, 3.8) is 0 Å². The third-order valence-corrected chi connectivity index (χ3v) is 5.27. The normalized spacial score (nSPS) is 12.5. The van der Waals surface area contributed by atoms with Crippen molar-refractivity contribution in [2.24, 2.45) is 5.41 Å². The third kappa shape index (κ3) is 5.00. The van der Waals surface area contributed by atoms with Gasteiger partial charge in [0.15, 0.2) is 0 Å². The van der Waals surface area contributed by atoms with E-state index in [0.717, 1.165) is 22.6 Å². The van der Waals surface area contributed by atoms with Crippen LogP contribution in [-0.2, 0) is 16.0 Å². The van der Waals surface area contributed by atoms with Gasteiger partial charge in [-0.05, 0) is 62.4 Å². The van der Waals surface area contributed by atoms with E-state index in [1.54, 1.807) is 0 Å². The molecule has 1 aromatic carbocycles. The van der Waals surface area contributed by atoms with Gasteiger partial charge in [0.2, 0.25) is 0 Å². The van der Waals surface area contributed by atoms with Gasteiger partial charge >= 0.3 is 5.97 Å². The number of carbonyl (C=O) groups excluding carboxylic acids is 2. The van der Waals surface area contributed by atoms with Gasteiger partial charge in [-0.1, -0.05) is 20.8 Å². The molecule has 1 atom stereocenters. The Morgan fingerprint density at radius 2 is 1.79 bits per heavy atom. The van der Waals surface area contributed by atoms with Gasteiger partial charge in [0, 0.05) is 23.7 Å². The van der Waals surface area contributed by atoms with Crippen LogP contribution in [0.5, 0.6) is 0 Å². The van der Waals surface area contributed by atoms with Crippen molar-refractivity contribution in [1.82, 2.24) is 15.1 Å². The Kier molecular flexibility index (Phi) is 6.65. The van der Waals surface area contributed by atoms with E-state index in [9.17, 15) is 9.59 Å². The van der Waals surface area contributed by atoms with E-state index in [1.807, 2.05) is 49.7 Å². The van der Waals surface area contributed by atoms with Crippen molar-refractivity contribution in [2.45, 2.75) is 60.4 Å². The van der Waals surface area contributed by atoms with Crippen LogP contribution in [-0.4, -0.2) is 34.8 Å². The highest BCUT2D eigenvalue weighted by Gasteiger charge is 2.22. The fourth-order valence-electron chi connectivity index (χ4n) is 2.87. The molecule has 28 heavy (non-hydrogen) atoms. The van der Waals surface area contributed by atoms with Crippen LogP contribution in [0.3, 0.4) is 0 Å². The van der Waals surface area contributed by atoms with Crippen LogP contribution in [0.1, 0.15) is 61.4 Å². The Bertz CT molecular complexity index is 845. The topological polar surface area (TPSA) is 73.2 Å². The molecule has 1 heterocycles. The second kappa shape index (κ2) is 8.59. The summed E-state index contributed by atoms with van der Waals surface area (Å²) in [6, 6.07) is 7.46. The largest absolute Gasteiger partial charge is 0.469 e. The Hall–Kier alpha value is -2.63. The summed E-state index contributed by atoms with van der Waals surface area (Å²) in [6.45, 7) is 12.2. The molecular weight excluding hydrogens is 354 g/mol. The van der Waals surface area contributed by atoms with Gasteiger partial charge < -0.3 is 10.1 Å². The maximum Gasteiger partial charge on any atom is 0.305 e. The molecule has 0 spiro atoms. The summed E-state index contributed by atoms with van der Waals surface area (Å²) in [7, 11) is 1.39. The Labute approximate surface area is 167 Å². The molecule has 2 aromatic rings. The molecule has 0 fully saturated rings. The van der Waals surface area contributed by atoms with Gasteiger partial charge in [-0.25, -0.2) is 4.68 Å². The highest BCUT2D eigenvalue weighted by atomic mass is 16.5. The third-order valence-electron chi connectivity index (χ3n) is 5.27. The lowest BCUT2D eigenvalue weighted by Crippen LogP contribution is -2.41. The second-order valence-corrected chi connectivity index (χ2v) is 8.25. The summed E-state index contributed by atoms with van der Waals surface area (Å²) in [4.78, 5) is 23.9. The summed E-state index contributed by atoms with van der Waals surface area (Å²) in [5, 5.41) is 7.65. The average molecular weight is 386 g/mol. The zero-order valence-corrected chi connectivity index (χ0v) is 17.9. The quantitative estimate of drug-likeness (QED) is 0.769. The number of rotatable bonds is 6. The van der Waals surface area contributed by atoms with Gasteiger partial charge in [-0.3, -0.25) is 9.59 Å². The molecule has 6 heteroatoms. The Morgan fingerprint density at radius 1 is 1.18 bits per heavy atom. The molecule has 2 rings (SSSR count). The van der Waals surface area contributed by atoms with Crippen molar-refractivity contribution in [1.29, 1.82) is 0 Å². The lowest BCUT2D eigenvalue weighted by molar-refractivity contribution is -0.140. The van der Waals surface area contributed by atoms with Crippen LogP contribution in [0.4, 0.5) is 0 Å². The maximum atomic E-state index is 12.5. The zero-order valence-electron chi connectivity index (χ0n) is 17.9. The van der Waals surface area contributed by atoms with E-state index >= 15 is 0 Å². The molecule has 152 valence electrons. The number of aryl methyl sites for hydroxylation is 1. The Balaban J connectivity index is 2.17. The SMILES string of the molecule is COC(=O)CCc1c(C)nn(-c2ccc(C(=O)N[C@H](C)C(C)(C)C)cc2)c1C. The predicted molar refractivity (Wildman–Crippen MR) is 110 cm³/mol. The summed E-state index contributed by atoms with van der Waals surface area (Å²) >= 11 is 0. The zero-order chi connectivity index (χ0) is 21.1. The van der Waals surface area contributed by atoms with Gasteiger partial charge in [0.1, 0.15) is 0 Å². The fourth-order valence-corrected chi connectivity index (χ4v) is 2.87. The molecule has 0 bridgehead atoms. The number of hydrogen-bond acceptors (Lipinski definition) is 4. The van der Waals surface area contributed by atoms with Crippen LogP contribution in [0.15, 0.2) is 24.3 Å². The van der Waals surface area contributed by atoms with E-state index in [2.05, 4.69) is 31.2 Å². The highest BCUT2D eigenvalue weighted by Crippen LogP contribution is 2.21. The molecule has 1 aromatic heterocycles. The number of esters is 1. The molecule has 0 aliphatic rings. The fraction of sp³-hybridized carbons (Fsp3) is 0.500. The van der Waals surface area contributed by atoms with Gasteiger partial charge in [-0.15, -0.1) is 0 Å². The van der Waals surface area contributed by atoms with Crippen LogP contribution in [0.2, 0.25) is 0 Å². The number of methoxy groups -OCH3 is 1. The molecular formula is C22H31N3O3. The number of amides is 1. The number of carbonyl (C=O) groups is 2. The maximum absolute atomic E-state index is 12.5. The number of benzene rings is 1. The van der Waals surface area contributed by atoms with Crippen molar-refractivity contribution in [3.8, 4) is 5.69 Å². The molecule has 1 amide bonds. The summed E-state index contributed by atoms with van der Waals surface area (Å²) in [5.74, 6) is -0.312. The molecule has 0 aliphatic heterocycles. The van der Waals surface area contributed by atoms with Crippen molar-refractivity contribution < 1.29 is 14.3 Å². The van der Waals surface area contributed by atoms with Crippen LogP contribution in [0.25, 0.3) is 5.69 Å². The minimum absolute atomic E-state index is 0.0000994. The van der Waals surface area contributed by atoms with Crippen LogP contribution >= 0.6 is 0 Å². The van der Waals surface area contributed by atoms with E-state index in [-0.39, 0.29) is 23.3 Å². The molecule has 1 N–H and O–H groups in total.